The van der Waals surface area contributed by atoms with Gasteiger partial charge in [0.05, 0.1) is 6.67 Å². The van der Waals surface area contributed by atoms with Crippen LogP contribution in [0.25, 0.3) is 0 Å². The Morgan fingerprint density at radius 1 is 1.27 bits per heavy atom. The lowest BCUT2D eigenvalue weighted by Gasteiger charge is -2.24. The molecule has 0 aromatic heterocycles. The highest BCUT2D eigenvalue weighted by Crippen LogP contribution is 2.30. The van der Waals surface area contributed by atoms with Crippen LogP contribution in [0, 0.1) is 11.7 Å². The van der Waals surface area contributed by atoms with Gasteiger partial charge in [0.15, 0.2) is 0 Å². The highest BCUT2D eigenvalue weighted by molar-refractivity contribution is 5.42. The molecule has 0 nitrogen and oxygen atoms in total. The second kappa shape index (κ2) is 4.30. The molecular weight excluding hydrogens is 194 g/mol. The normalized spacial score (nSPS) is 12.2. The van der Waals surface area contributed by atoms with Gasteiger partial charge in [0.25, 0.3) is 0 Å². The first kappa shape index (κ1) is 12.2. The van der Waals surface area contributed by atoms with E-state index < -0.39 is 6.67 Å². The van der Waals surface area contributed by atoms with E-state index in [1.165, 1.54) is 12.1 Å². The fourth-order valence-corrected chi connectivity index (χ4v) is 1.60. The van der Waals surface area contributed by atoms with Gasteiger partial charge in [-0.25, -0.2) is 4.39 Å². The molecule has 0 heterocycles. The molecule has 2 heteroatoms. The average molecular weight is 211 g/mol. The van der Waals surface area contributed by atoms with E-state index in [1.54, 1.807) is 13.0 Å². The van der Waals surface area contributed by atoms with Crippen LogP contribution in [-0.4, -0.2) is 6.67 Å². The van der Waals surface area contributed by atoms with E-state index in [0.29, 0.717) is 11.5 Å². The van der Waals surface area contributed by atoms with Crippen molar-refractivity contribution in [1.29, 1.82) is 0 Å². The number of hydrogen-bond donors (Lipinski definition) is 0. The third-order valence-corrected chi connectivity index (χ3v) is 2.45. The summed E-state index contributed by atoms with van der Waals surface area (Å²) in [6.07, 6.45) is 0. The molecule has 0 bridgehead atoms. The molecule has 0 unspecified atom stereocenters. The smallest absolute Gasteiger partial charge is 0.123 e. The minimum Gasteiger partial charge on any atom is -0.250 e. The molecule has 0 fully saturated rings. The van der Waals surface area contributed by atoms with Crippen molar-refractivity contribution >= 4 is 0 Å². The number of hydrogen-bond acceptors (Lipinski definition) is 0. The number of rotatable bonds is 2. The maximum atomic E-state index is 13.1. The fourth-order valence-electron chi connectivity index (χ4n) is 1.60. The van der Waals surface area contributed by atoms with Gasteiger partial charge in [0.1, 0.15) is 5.82 Å². The second-order valence-electron chi connectivity index (χ2n) is 4.85. The monoisotopic (exact) mass is 211 g/mol. The van der Waals surface area contributed by atoms with E-state index in [9.17, 15) is 8.78 Å². The van der Waals surface area contributed by atoms with Crippen LogP contribution >= 0.6 is 0 Å². The molecule has 0 N–H and O–H groups in total. The van der Waals surface area contributed by atoms with Crippen LogP contribution in [0.5, 0.6) is 0 Å². The Morgan fingerprint density at radius 3 is 2.33 bits per heavy atom. The maximum Gasteiger partial charge on any atom is 0.123 e. The number of benzene rings is 1. The van der Waals surface area contributed by atoms with Crippen LogP contribution in [0.3, 0.4) is 0 Å². The second-order valence-corrected chi connectivity index (χ2v) is 4.85. The van der Waals surface area contributed by atoms with E-state index in [1.807, 2.05) is 20.8 Å². The summed E-state index contributed by atoms with van der Waals surface area (Å²) in [4.78, 5) is 0. The molecule has 1 aromatic rings. The van der Waals surface area contributed by atoms with Gasteiger partial charge >= 0.3 is 0 Å². The molecule has 0 aliphatic rings. The Hall–Kier alpha value is -0.920. The van der Waals surface area contributed by atoms with E-state index >= 15 is 0 Å². The van der Waals surface area contributed by atoms with Crippen LogP contribution in [0.2, 0.25) is 0 Å². The van der Waals surface area contributed by atoms with Gasteiger partial charge in [-0.05, 0) is 28.7 Å². The van der Waals surface area contributed by atoms with Crippen LogP contribution in [0.15, 0.2) is 18.2 Å². The molecule has 15 heavy (non-hydrogen) atoms. The van der Waals surface area contributed by atoms with Crippen LogP contribution in [0.1, 0.15) is 38.8 Å². The van der Waals surface area contributed by atoms with Crippen LogP contribution in [0.4, 0.5) is 8.78 Å². The lowest BCUT2D eigenvalue weighted by Crippen LogP contribution is -2.16. The van der Waals surface area contributed by atoms with Crippen molar-refractivity contribution in [3.8, 4) is 0 Å². The van der Waals surface area contributed by atoms with Crippen LogP contribution < -0.4 is 0 Å². The highest BCUT2D eigenvalue weighted by atomic mass is 19.1. The Labute approximate surface area is 90.3 Å². The SMILES string of the molecule is C[C](CF)c1cc(F)ccc1C(C)(C)C. The van der Waals surface area contributed by atoms with Crippen molar-refractivity contribution in [2.45, 2.75) is 33.1 Å². The Balaban J connectivity index is 3.27. The zero-order valence-electron chi connectivity index (χ0n) is 9.70. The minimum atomic E-state index is -0.535. The molecular formula is C13H17F2. The fraction of sp³-hybridized carbons (Fsp3) is 0.462. The summed E-state index contributed by atoms with van der Waals surface area (Å²) in [5.41, 5.74) is 1.59. The average Bonchev–Trinajstić information content (AvgIpc) is 2.14. The molecule has 0 amide bonds. The van der Waals surface area contributed by atoms with Crippen LogP contribution in [-0.2, 0) is 5.41 Å². The summed E-state index contributed by atoms with van der Waals surface area (Å²) in [6.45, 7) is 7.27. The zero-order valence-corrected chi connectivity index (χ0v) is 9.70. The van der Waals surface area contributed by atoms with Gasteiger partial charge in [-0.15, -0.1) is 0 Å². The lowest BCUT2D eigenvalue weighted by molar-refractivity contribution is 0.508. The molecule has 0 aliphatic heterocycles. The summed E-state index contributed by atoms with van der Waals surface area (Å²) in [7, 11) is 0. The number of halogens is 2. The van der Waals surface area contributed by atoms with Gasteiger partial charge in [-0.1, -0.05) is 33.8 Å². The molecule has 0 saturated carbocycles. The summed E-state index contributed by atoms with van der Waals surface area (Å²) in [5.74, 6) is 0.269. The van der Waals surface area contributed by atoms with Gasteiger partial charge in [-0.2, -0.15) is 0 Å². The summed E-state index contributed by atoms with van der Waals surface area (Å²) >= 11 is 0. The Bertz CT molecular complexity index is 337. The first-order chi connectivity index (χ1) is 6.86. The summed E-state index contributed by atoms with van der Waals surface area (Å²) in [5, 5.41) is 0. The first-order valence-electron chi connectivity index (χ1n) is 5.05. The van der Waals surface area contributed by atoms with Gasteiger partial charge in [0, 0.05) is 5.92 Å². The third kappa shape index (κ3) is 2.77. The highest BCUT2D eigenvalue weighted by Gasteiger charge is 2.21. The quantitative estimate of drug-likeness (QED) is 0.692. The lowest BCUT2D eigenvalue weighted by atomic mass is 9.80. The van der Waals surface area contributed by atoms with E-state index in [4.69, 9.17) is 0 Å². The Morgan fingerprint density at radius 2 is 1.87 bits per heavy atom. The van der Waals surface area contributed by atoms with E-state index in [2.05, 4.69) is 0 Å². The van der Waals surface area contributed by atoms with Gasteiger partial charge in [0.2, 0.25) is 0 Å². The minimum absolute atomic E-state index is 0.0978. The molecule has 0 atom stereocenters. The zero-order chi connectivity index (χ0) is 11.6. The van der Waals surface area contributed by atoms with Gasteiger partial charge in [-0.3, -0.25) is 4.39 Å². The first-order valence-corrected chi connectivity index (χ1v) is 5.05. The molecule has 1 rings (SSSR count). The van der Waals surface area contributed by atoms with E-state index in [0.717, 1.165) is 5.56 Å². The molecule has 1 aromatic carbocycles. The standard InChI is InChI=1S/C13H17F2/c1-9(8-14)11-7-10(15)5-6-12(11)13(2,3)4/h5-7H,8H2,1-4H3. The molecule has 0 aliphatic carbocycles. The molecule has 83 valence electrons. The van der Waals surface area contributed by atoms with Crippen molar-refractivity contribution in [3.63, 3.8) is 0 Å². The molecule has 0 saturated heterocycles. The largest absolute Gasteiger partial charge is 0.250 e. The van der Waals surface area contributed by atoms with Crippen molar-refractivity contribution in [2.24, 2.45) is 0 Å². The van der Waals surface area contributed by atoms with Crippen molar-refractivity contribution in [1.82, 2.24) is 0 Å². The van der Waals surface area contributed by atoms with E-state index in [-0.39, 0.29) is 11.2 Å². The maximum absolute atomic E-state index is 13.1. The molecule has 1 radical (unpaired) electrons. The van der Waals surface area contributed by atoms with Crippen molar-refractivity contribution in [3.05, 3.63) is 41.1 Å². The number of alkyl halides is 1. The predicted octanol–water partition coefficient (Wildman–Crippen LogP) is 4.04. The topological polar surface area (TPSA) is 0 Å². The Kier molecular flexibility index (Phi) is 3.48. The molecule has 0 spiro atoms. The summed E-state index contributed by atoms with van der Waals surface area (Å²) < 4.78 is 25.7. The van der Waals surface area contributed by atoms with Gasteiger partial charge < -0.3 is 0 Å². The predicted molar refractivity (Wildman–Crippen MR) is 59.1 cm³/mol. The summed E-state index contributed by atoms with van der Waals surface area (Å²) in [6, 6.07) is 4.58. The third-order valence-electron chi connectivity index (χ3n) is 2.45. The van der Waals surface area contributed by atoms with Crippen molar-refractivity contribution < 1.29 is 8.78 Å². The van der Waals surface area contributed by atoms with Crippen molar-refractivity contribution in [2.75, 3.05) is 6.67 Å².